The summed E-state index contributed by atoms with van der Waals surface area (Å²) in [5.74, 6) is -1.90. The zero-order valence-corrected chi connectivity index (χ0v) is 15.9. The van der Waals surface area contributed by atoms with Crippen LogP contribution in [0.1, 0.15) is 31.9 Å². The van der Waals surface area contributed by atoms with E-state index in [-0.39, 0.29) is 30.6 Å². The quantitative estimate of drug-likeness (QED) is 0.748. The van der Waals surface area contributed by atoms with Crippen LogP contribution < -0.4 is 0 Å². The summed E-state index contributed by atoms with van der Waals surface area (Å²) < 4.78 is 67.9. The molecule has 1 saturated heterocycles. The van der Waals surface area contributed by atoms with Gasteiger partial charge in [-0.3, -0.25) is 4.90 Å². The first-order valence-electron chi connectivity index (χ1n) is 9.14. The lowest BCUT2D eigenvalue weighted by Gasteiger charge is -2.44. The molecule has 0 aliphatic carbocycles. The molecule has 160 valence electrons. The average Bonchev–Trinajstić information content (AvgIpc) is 3.09. The lowest BCUT2D eigenvalue weighted by atomic mass is 9.83. The zero-order chi connectivity index (χ0) is 21.6. The SMILES string of the molecule is C[C@H]1CN(C(O)[C@@](C)(O)C(F)(F)F)CC[C@H]1c1ccnn1-c1ccc(F)cc1F. The normalized spacial score (nSPS) is 24.3. The second-order valence-electron chi connectivity index (χ2n) is 7.65. The maximum atomic E-state index is 14.2. The van der Waals surface area contributed by atoms with Crippen molar-refractivity contribution in [2.45, 2.75) is 44.2 Å². The molecule has 0 bridgehead atoms. The molecule has 1 aromatic heterocycles. The van der Waals surface area contributed by atoms with Crippen molar-refractivity contribution in [3.05, 3.63) is 47.8 Å². The van der Waals surface area contributed by atoms with Crippen LogP contribution in [-0.4, -0.2) is 56.0 Å². The van der Waals surface area contributed by atoms with E-state index in [1.54, 1.807) is 13.0 Å². The van der Waals surface area contributed by atoms with Crippen molar-refractivity contribution in [3.8, 4) is 5.69 Å². The molecule has 4 atom stereocenters. The number of piperidine rings is 1. The van der Waals surface area contributed by atoms with E-state index in [1.807, 2.05) is 0 Å². The van der Waals surface area contributed by atoms with Crippen molar-refractivity contribution >= 4 is 0 Å². The molecule has 0 radical (unpaired) electrons. The van der Waals surface area contributed by atoms with E-state index in [0.29, 0.717) is 19.0 Å². The molecule has 3 rings (SSSR count). The molecule has 29 heavy (non-hydrogen) atoms. The van der Waals surface area contributed by atoms with Gasteiger partial charge in [-0.2, -0.15) is 18.3 Å². The van der Waals surface area contributed by atoms with Crippen molar-refractivity contribution in [3.63, 3.8) is 0 Å². The van der Waals surface area contributed by atoms with Gasteiger partial charge in [0.05, 0.1) is 0 Å². The minimum Gasteiger partial charge on any atom is -0.378 e. The van der Waals surface area contributed by atoms with Crippen LogP contribution in [0, 0.1) is 17.6 Å². The van der Waals surface area contributed by atoms with Crippen molar-refractivity contribution in [2.24, 2.45) is 5.92 Å². The van der Waals surface area contributed by atoms with Crippen molar-refractivity contribution in [2.75, 3.05) is 13.1 Å². The third-order valence-electron chi connectivity index (χ3n) is 5.55. The highest BCUT2D eigenvalue weighted by atomic mass is 19.4. The first-order chi connectivity index (χ1) is 13.4. The average molecular weight is 419 g/mol. The molecule has 1 aromatic carbocycles. The first kappa shape index (κ1) is 21.7. The summed E-state index contributed by atoms with van der Waals surface area (Å²) in [7, 11) is 0. The molecule has 5 nitrogen and oxygen atoms in total. The predicted molar refractivity (Wildman–Crippen MR) is 94.3 cm³/mol. The third kappa shape index (κ3) is 4.01. The Morgan fingerprint density at radius 2 is 1.90 bits per heavy atom. The summed E-state index contributed by atoms with van der Waals surface area (Å²) in [6, 6.07) is 4.82. The fraction of sp³-hybridized carbons (Fsp3) is 0.526. The van der Waals surface area contributed by atoms with Crippen LogP contribution in [0.15, 0.2) is 30.5 Å². The van der Waals surface area contributed by atoms with Gasteiger partial charge < -0.3 is 10.2 Å². The van der Waals surface area contributed by atoms with Gasteiger partial charge in [0, 0.05) is 37.0 Å². The second kappa shape index (κ2) is 7.66. The summed E-state index contributed by atoms with van der Waals surface area (Å²) in [5.41, 5.74) is -2.56. The van der Waals surface area contributed by atoms with Gasteiger partial charge >= 0.3 is 6.18 Å². The molecule has 0 spiro atoms. The van der Waals surface area contributed by atoms with E-state index in [9.17, 15) is 32.2 Å². The van der Waals surface area contributed by atoms with E-state index in [0.717, 1.165) is 12.1 Å². The number of halogens is 5. The van der Waals surface area contributed by atoms with Crippen LogP contribution in [0.25, 0.3) is 5.69 Å². The van der Waals surface area contributed by atoms with Crippen molar-refractivity contribution in [1.29, 1.82) is 0 Å². The molecule has 10 heteroatoms. The van der Waals surface area contributed by atoms with E-state index in [2.05, 4.69) is 5.10 Å². The van der Waals surface area contributed by atoms with Crippen molar-refractivity contribution < 1.29 is 32.2 Å². The van der Waals surface area contributed by atoms with Crippen LogP contribution >= 0.6 is 0 Å². The lowest BCUT2D eigenvalue weighted by molar-refractivity contribution is -0.306. The number of aliphatic hydroxyl groups excluding tert-OH is 1. The topological polar surface area (TPSA) is 61.5 Å². The number of nitrogens with zero attached hydrogens (tertiary/aromatic N) is 3. The van der Waals surface area contributed by atoms with Crippen LogP contribution in [0.3, 0.4) is 0 Å². The highest BCUT2D eigenvalue weighted by Gasteiger charge is 2.57. The molecule has 1 aliphatic heterocycles. The number of alkyl halides is 3. The number of aromatic nitrogens is 2. The van der Waals surface area contributed by atoms with E-state index in [1.165, 1.54) is 21.8 Å². The Hall–Kier alpha value is -2.04. The predicted octanol–water partition coefficient (Wildman–Crippen LogP) is 3.21. The molecule has 2 aromatic rings. The molecule has 1 unspecified atom stereocenters. The number of rotatable bonds is 4. The van der Waals surface area contributed by atoms with Gasteiger partial charge in [0.2, 0.25) is 0 Å². The van der Waals surface area contributed by atoms with Crippen LogP contribution in [0.2, 0.25) is 0 Å². The smallest absolute Gasteiger partial charge is 0.378 e. The number of hydrogen-bond donors (Lipinski definition) is 2. The van der Waals surface area contributed by atoms with Gasteiger partial charge in [0.1, 0.15) is 17.7 Å². The fourth-order valence-corrected chi connectivity index (χ4v) is 3.79. The Balaban J connectivity index is 1.81. The zero-order valence-electron chi connectivity index (χ0n) is 15.9. The molecule has 2 heterocycles. The second-order valence-corrected chi connectivity index (χ2v) is 7.65. The number of benzene rings is 1. The van der Waals surface area contributed by atoms with Gasteiger partial charge in [-0.15, -0.1) is 0 Å². The van der Waals surface area contributed by atoms with E-state index >= 15 is 0 Å². The van der Waals surface area contributed by atoms with Crippen LogP contribution in [0.5, 0.6) is 0 Å². The summed E-state index contributed by atoms with van der Waals surface area (Å²) in [6.45, 7) is 2.53. The Morgan fingerprint density at radius 1 is 1.21 bits per heavy atom. The molecule has 0 amide bonds. The van der Waals surface area contributed by atoms with Crippen molar-refractivity contribution in [1.82, 2.24) is 14.7 Å². The number of likely N-dealkylation sites (tertiary alicyclic amines) is 1. The lowest BCUT2D eigenvalue weighted by Crippen LogP contribution is -2.61. The Morgan fingerprint density at radius 3 is 2.48 bits per heavy atom. The Labute approximate surface area is 164 Å². The van der Waals surface area contributed by atoms with Gasteiger partial charge in [-0.25, -0.2) is 13.5 Å². The van der Waals surface area contributed by atoms with Gasteiger partial charge in [-0.05, 0) is 37.5 Å². The van der Waals surface area contributed by atoms with Gasteiger partial charge in [-0.1, -0.05) is 6.92 Å². The van der Waals surface area contributed by atoms with Crippen LogP contribution in [-0.2, 0) is 0 Å². The Kier molecular flexibility index (Phi) is 5.72. The van der Waals surface area contributed by atoms with E-state index < -0.39 is 29.6 Å². The fourth-order valence-electron chi connectivity index (χ4n) is 3.79. The summed E-state index contributed by atoms with van der Waals surface area (Å²) >= 11 is 0. The maximum Gasteiger partial charge on any atom is 0.420 e. The maximum absolute atomic E-state index is 14.2. The summed E-state index contributed by atoms with van der Waals surface area (Å²) in [6.07, 6.45) is -5.25. The van der Waals surface area contributed by atoms with Gasteiger partial charge in [0.25, 0.3) is 0 Å². The van der Waals surface area contributed by atoms with Crippen LogP contribution in [0.4, 0.5) is 22.0 Å². The number of aliphatic hydroxyl groups is 2. The Bertz CT molecular complexity index is 868. The summed E-state index contributed by atoms with van der Waals surface area (Å²) in [5, 5.41) is 24.0. The molecule has 1 fully saturated rings. The third-order valence-corrected chi connectivity index (χ3v) is 5.55. The first-order valence-corrected chi connectivity index (χ1v) is 9.14. The van der Waals surface area contributed by atoms with Gasteiger partial charge in [0.15, 0.2) is 11.4 Å². The highest BCUT2D eigenvalue weighted by molar-refractivity contribution is 5.35. The molecular formula is C19H22F5N3O2. The largest absolute Gasteiger partial charge is 0.420 e. The monoisotopic (exact) mass is 419 g/mol. The minimum absolute atomic E-state index is 0.0704. The highest BCUT2D eigenvalue weighted by Crippen LogP contribution is 2.39. The summed E-state index contributed by atoms with van der Waals surface area (Å²) in [4.78, 5) is 1.19. The standard InChI is InChI=1S/C19H22F5N3O2/c1-11-10-26(17(28)18(2,29)19(22,23)24)8-6-13(11)15-5-7-25-27(15)16-4-3-12(20)9-14(16)21/h3-5,7,9,11,13,17,28-29H,6,8,10H2,1-2H3/t11-,13+,17?,18+/m0/s1. The molecule has 1 aliphatic rings. The van der Waals surface area contributed by atoms with E-state index in [4.69, 9.17) is 0 Å². The molecule has 2 N–H and O–H groups in total. The number of hydrogen-bond acceptors (Lipinski definition) is 4. The minimum atomic E-state index is -4.98. The molecule has 0 saturated carbocycles. The molecular weight excluding hydrogens is 397 g/mol.